The average Bonchev–Trinajstić information content (AvgIpc) is 2.33. The van der Waals surface area contributed by atoms with E-state index < -0.39 is 26.6 Å². The smallest absolute Gasteiger partial charge is 0.246 e. The van der Waals surface area contributed by atoms with Crippen LogP contribution in [0.2, 0.25) is 0 Å². The summed E-state index contributed by atoms with van der Waals surface area (Å²) < 4.78 is 53.6. The van der Waals surface area contributed by atoms with Gasteiger partial charge < -0.3 is 5.73 Å². The Balaban J connectivity index is 2.43. The zero-order valence-corrected chi connectivity index (χ0v) is 12.3. The molecule has 1 aromatic carbocycles. The fraction of sp³-hybridized carbons (Fsp3) is 0.538. The van der Waals surface area contributed by atoms with Crippen molar-refractivity contribution in [3.63, 3.8) is 0 Å². The number of sulfonamides is 1. The van der Waals surface area contributed by atoms with Gasteiger partial charge >= 0.3 is 0 Å². The Morgan fingerprint density at radius 1 is 1.30 bits per heavy atom. The summed E-state index contributed by atoms with van der Waals surface area (Å²) in [5.74, 6) is -1.66. The first kappa shape index (κ1) is 15.3. The maximum Gasteiger partial charge on any atom is 0.246 e. The van der Waals surface area contributed by atoms with Crippen LogP contribution in [0.1, 0.15) is 25.3 Å². The van der Waals surface area contributed by atoms with E-state index in [0.717, 1.165) is 12.1 Å². The number of hydrogen-bond acceptors (Lipinski definition) is 3. The molecule has 0 aliphatic carbocycles. The molecule has 2 atom stereocenters. The van der Waals surface area contributed by atoms with E-state index in [1.54, 1.807) is 6.92 Å². The minimum atomic E-state index is -4.04. The molecule has 1 fully saturated rings. The number of halogens is 2. The molecule has 0 bridgehead atoms. The minimum absolute atomic E-state index is 0.0592. The van der Waals surface area contributed by atoms with Crippen molar-refractivity contribution >= 4 is 10.0 Å². The van der Waals surface area contributed by atoms with Gasteiger partial charge in [0, 0.05) is 18.6 Å². The molecule has 0 aromatic heterocycles. The summed E-state index contributed by atoms with van der Waals surface area (Å²) in [5, 5.41) is 0. The standard InChI is InChI=1S/C13H18F2N2O2S/c1-8-5-12(15)13(7-11(8)14)20(18,19)17-4-3-10(16)6-9(17)2/h5,7,9-10H,3-4,6,16H2,1-2H3/t9-,10+/m0/s1. The van der Waals surface area contributed by atoms with Crippen LogP contribution < -0.4 is 5.73 Å². The van der Waals surface area contributed by atoms with Gasteiger partial charge in [-0.2, -0.15) is 4.31 Å². The van der Waals surface area contributed by atoms with E-state index in [2.05, 4.69) is 0 Å². The molecule has 2 rings (SSSR count). The summed E-state index contributed by atoms with van der Waals surface area (Å²) in [5.41, 5.74) is 5.87. The van der Waals surface area contributed by atoms with Gasteiger partial charge in [-0.05, 0) is 44.4 Å². The number of rotatable bonds is 2. The van der Waals surface area contributed by atoms with Gasteiger partial charge in [0.2, 0.25) is 10.0 Å². The Kier molecular flexibility index (Phi) is 4.13. The summed E-state index contributed by atoms with van der Waals surface area (Å²) in [4.78, 5) is -0.608. The van der Waals surface area contributed by atoms with Crippen LogP contribution >= 0.6 is 0 Å². The zero-order valence-electron chi connectivity index (χ0n) is 11.4. The van der Waals surface area contributed by atoms with Gasteiger partial charge in [-0.15, -0.1) is 0 Å². The van der Waals surface area contributed by atoms with E-state index >= 15 is 0 Å². The lowest BCUT2D eigenvalue weighted by atomic mass is 10.0. The SMILES string of the molecule is Cc1cc(F)c(S(=O)(=O)N2CC[C@@H](N)C[C@@H]2C)cc1F. The molecule has 1 aliphatic heterocycles. The first-order valence-electron chi connectivity index (χ1n) is 6.46. The van der Waals surface area contributed by atoms with Gasteiger partial charge in [-0.3, -0.25) is 0 Å². The van der Waals surface area contributed by atoms with Gasteiger partial charge in [0.05, 0.1) is 0 Å². The van der Waals surface area contributed by atoms with Crippen molar-refractivity contribution in [1.82, 2.24) is 4.31 Å². The van der Waals surface area contributed by atoms with Crippen molar-refractivity contribution in [2.45, 2.75) is 43.7 Å². The first-order valence-corrected chi connectivity index (χ1v) is 7.90. The van der Waals surface area contributed by atoms with Crippen molar-refractivity contribution in [1.29, 1.82) is 0 Å². The normalized spacial score (nSPS) is 24.9. The summed E-state index contributed by atoms with van der Waals surface area (Å²) in [7, 11) is -4.04. The van der Waals surface area contributed by atoms with Crippen LogP contribution in [0.25, 0.3) is 0 Å². The maximum absolute atomic E-state index is 13.9. The molecule has 1 saturated heterocycles. The van der Waals surface area contributed by atoms with Crippen LogP contribution in [-0.2, 0) is 10.0 Å². The Morgan fingerprint density at radius 2 is 1.95 bits per heavy atom. The third kappa shape index (κ3) is 2.70. The number of piperidine rings is 1. The van der Waals surface area contributed by atoms with Gasteiger partial charge in [0.15, 0.2) is 0 Å². The lowest BCUT2D eigenvalue weighted by molar-refractivity contribution is 0.246. The van der Waals surface area contributed by atoms with Crippen molar-refractivity contribution < 1.29 is 17.2 Å². The highest BCUT2D eigenvalue weighted by molar-refractivity contribution is 7.89. The lowest BCUT2D eigenvalue weighted by Gasteiger charge is -2.35. The monoisotopic (exact) mass is 304 g/mol. The molecule has 7 heteroatoms. The minimum Gasteiger partial charge on any atom is -0.328 e. The molecule has 1 aliphatic rings. The Hall–Kier alpha value is -1.05. The number of aryl methyl sites for hydroxylation is 1. The summed E-state index contributed by atoms with van der Waals surface area (Å²) in [6.07, 6.45) is 1.02. The van der Waals surface area contributed by atoms with Crippen LogP contribution in [0, 0.1) is 18.6 Å². The Bertz CT molecular complexity index is 619. The third-order valence-electron chi connectivity index (χ3n) is 3.66. The fourth-order valence-electron chi connectivity index (χ4n) is 2.50. The molecule has 1 heterocycles. The highest BCUT2D eigenvalue weighted by Crippen LogP contribution is 2.27. The molecular formula is C13H18F2N2O2S. The van der Waals surface area contributed by atoms with E-state index in [0.29, 0.717) is 12.8 Å². The summed E-state index contributed by atoms with van der Waals surface area (Å²) >= 11 is 0. The molecule has 2 N–H and O–H groups in total. The van der Waals surface area contributed by atoms with Gasteiger partial charge in [-0.1, -0.05) is 0 Å². The molecule has 0 spiro atoms. The van der Waals surface area contributed by atoms with Crippen molar-refractivity contribution in [2.75, 3.05) is 6.54 Å². The van der Waals surface area contributed by atoms with E-state index in [4.69, 9.17) is 5.73 Å². The molecule has 0 unspecified atom stereocenters. The summed E-state index contributed by atoms with van der Waals surface area (Å²) in [6.45, 7) is 3.33. The van der Waals surface area contributed by atoms with Gasteiger partial charge in [0.1, 0.15) is 16.5 Å². The van der Waals surface area contributed by atoms with Crippen LogP contribution in [-0.4, -0.2) is 31.4 Å². The van der Waals surface area contributed by atoms with E-state index in [1.165, 1.54) is 11.2 Å². The summed E-state index contributed by atoms with van der Waals surface area (Å²) in [6, 6.07) is 1.27. The number of benzene rings is 1. The number of nitrogens with two attached hydrogens (primary N) is 1. The van der Waals surface area contributed by atoms with Gasteiger partial charge in [0.25, 0.3) is 0 Å². The number of nitrogens with zero attached hydrogens (tertiary/aromatic N) is 1. The quantitative estimate of drug-likeness (QED) is 0.906. The predicted molar refractivity (Wildman–Crippen MR) is 71.7 cm³/mol. The molecule has 1 aromatic rings. The molecular weight excluding hydrogens is 286 g/mol. The van der Waals surface area contributed by atoms with Crippen LogP contribution in [0.5, 0.6) is 0 Å². The van der Waals surface area contributed by atoms with Crippen molar-refractivity contribution in [3.05, 3.63) is 29.3 Å². The highest BCUT2D eigenvalue weighted by Gasteiger charge is 2.35. The van der Waals surface area contributed by atoms with E-state index in [-0.39, 0.29) is 24.2 Å². The van der Waals surface area contributed by atoms with Crippen LogP contribution in [0.15, 0.2) is 17.0 Å². The lowest BCUT2D eigenvalue weighted by Crippen LogP contribution is -2.48. The zero-order chi connectivity index (χ0) is 15.1. The topological polar surface area (TPSA) is 63.4 Å². The molecule has 0 saturated carbocycles. The van der Waals surface area contributed by atoms with Crippen LogP contribution in [0.4, 0.5) is 8.78 Å². The van der Waals surface area contributed by atoms with E-state index in [1.807, 2.05) is 0 Å². The highest BCUT2D eigenvalue weighted by atomic mass is 32.2. The second kappa shape index (κ2) is 5.38. The van der Waals surface area contributed by atoms with Crippen molar-refractivity contribution in [3.8, 4) is 0 Å². The molecule has 4 nitrogen and oxygen atoms in total. The molecule has 0 radical (unpaired) electrons. The van der Waals surface area contributed by atoms with Crippen molar-refractivity contribution in [2.24, 2.45) is 5.73 Å². The second-order valence-electron chi connectivity index (χ2n) is 5.28. The molecule has 20 heavy (non-hydrogen) atoms. The maximum atomic E-state index is 13.9. The second-order valence-corrected chi connectivity index (χ2v) is 7.14. The third-order valence-corrected chi connectivity index (χ3v) is 5.68. The van der Waals surface area contributed by atoms with E-state index in [9.17, 15) is 17.2 Å². The van der Waals surface area contributed by atoms with Crippen LogP contribution in [0.3, 0.4) is 0 Å². The Morgan fingerprint density at radius 3 is 2.55 bits per heavy atom. The average molecular weight is 304 g/mol. The largest absolute Gasteiger partial charge is 0.328 e. The number of hydrogen-bond donors (Lipinski definition) is 1. The molecule has 0 amide bonds. The fourth-order valence-corrected chi connectivity index (χ4v) is 4.21. The van der Waals surface area contributed by atoms with Gasteiger partial charge in [-0.25, -0.2) is 17.2 Å². The first-order chi connectivity index (χ1) is 9.23. The predicted octanol–water partition coefficient (Wildman–Crippen LogP) is 1.77. The Labute approximate surface area is 117 Å². The molecule has 112 valence electrons.